The van der Waals surface area contributed by atoms with Crippen LogP contribution in [0.2, 0.25) is 0 Å². The predicted octanol–water partition coefficient (Wildman–Crippen LogP) is -2.81. The first kappa shape index (κ1) is 25.8. The van der Waals surface area contributed by atoms with Crippen molar-refractivity contribution in [3.8, 4) is 5.75 Å². The minimum atomic E-state index is -1.50. The molecule has 9 N–H and O–H groups in total. The van der Waals surface area contributed by atoms with E-state index in [1.165, 1.54) is 26.0 Å². The molecule has 0 heterocycles. The Balaban J connectivity index is 2.76. The van der Waals surface area contributed by atoms with Gasteiger partial charge in [-0.25, -0.2) is 0 Å². The van der Waals surface area contributed by atoms with Crippen LogP contribution >= 0.6 is 0 Å². The summed E-state index contributed by atoms with van der Waals surface area (Å²) in [6, 6.07) is 0.674. The van der Waals surface area contributed by atoms with Crippen LogP contribution in [0.3, 0.4) is 0 Å². The molecular formula is C19H28N4O8. The van der Waals surface area contributed by atoms with Gasteiger partial charge in [0, 0.05) is 0 Å². The Morgan fingerprint density at radius 3 is 2.03 bits per heavy atom. The smallest absolute Gasteiger partial charge is 0.325 e. The van der Waals surface area contributed by atoms with Gasteiger partial charge in [0.25, 0.3) is 0 Å². The number of amides is 3. The average molecular weight is 440 g/mol. The Morgan fingerprint density at radius 1 is 0.968 bits per heavy atom. The molecule has 0 spiro atoms. The third kappa shape index (κ3) is 8.20. The Morgan fingerprint density at radius 2 is 1.55 bits per heavy atom. The molecule has 0 radical (unpaired) electrons. The fourth-order valence-electron chi connectivity index (χ4n) is 2.48. The molecule has 5 atom stereocenters. The van der Waals surface area contributed by atoms with E-state index in [2.05, 4.69) is 16.0 Å². The first-order valence-electron chi connectivity index (χ1n) is 9.42. The minimum Gasteiger partial charge on any atom is -0.508 e. The molecule has 31 heavy (non-hydrogen) atoms. The van der Waals surface area contributed by atoms with Crippen LogP contribution in [0.5, 0.6) is 5.75 Å². The Bertz CT molecular complexity index is 784. The number of hydrogen-bond acceptors (Lipinski definition) is 8. The number of aliphatic hydroxyl groups is 2. The maximum Gasteiger partial charge on any atom is 0.325 e. The summed E-state index contributed by atoms with van der Waals surface area (Å²) in [6.07, 6.45) is -1.28. The topological polar surface area (TPSA) is 211 Å². The summed E-state index contributed by atoms with van der Waals surface area (Å²) in [5.41, 5.74) is 6.50. The van der Waals surface area contributed by atoms with Crippen LogP contribution in [0.25, 0.3) is 0 Å². The second-order valence-corrected chi connectivity index (χ2v) is 7.02. The summed E-state index contributed by atoms with van der Waals surface area (Å²) >= 11 is 0. The highest BCUT2D eigenvalue weighted by molar-refractivity contribution is 5.94. The van der Waals surface area contributed by atoms with Crippen LogP contribution in [0, 0.1) is 0 Å². The molecule has 0 saturated carbocycles. The zero-order chi connectivity index (χ0) is 23.7. The second kappa shape index (κ2) is 11.8. The fourth-order valence-corrected chi connectivity index (χ4v) is 2.48. The van der Waals surface area contributed by atoms with Crippen LogP contribution in [0.4, 0.5) is 0 Å². The first-order valence-corrected chi connectivity index (χ1v) is 9.42. The van der Waals surface area contributed by atoms with E-state index in [9.17, 15) is 34.5 Å². The van der Waals surface area contributed by atoms with Gasteiger partial charge >= 0.3 is 5.97 Å². The van der Waals surface area contributed by atoms with Gasteiger partial charge in [-0.15, -0.1) is 0 Å². The van der Waals surface area contributed by atoms with Gasteiger partial charge in [0.15, 0.2) is 0 Å². The Labute approximate surface area is 178 Å². The highest BCUT2D eigenvalue weighted by Crippen LogP contribution is 2.11. The molecule has 5 unspecified atom stereocenters. The number of rotatable bonds is 11. The van der Waals surface area contributed by atoms with Crippen LogP contribution in [-0.2, 0) is 25.6 Å². The number of carbonyl (C=O) groups excluding carboxylic acids is 3. The van der Waals surface area contributed by atoms with Gasteiger partial charge < -0.3 is 42.1 Å². The van der Waals surface area contributed by atoms with Crippen molar-refractivity contribution in [2.75, 3.05) is 6.61 Å². The number of phenolic OH excluding ortho intramolecular Hbond substituents is 1. The van der Waals surface area contributed by atoms with Gasteiger partial charge in [0.1, 0.15) is 23.9 Å². The van der Waals surface area contributed by atoms with Crippen molar-refractivity contribution in [3.63, 3.8) is 0 Å². The van der Waals surface area contributed by atoms with E-state index in [1.807, 2.05) is 0 Å². The molecule has 0 bridgehead atoms. The van der Waals surface area contributed by atoms with Crippen molar-refractivity contribution < 1.29 is 39.6 Å². The third-order valence-corrected chi connectivity index (χ3v) is 4.34. The van der Waals surface area contributed by atoms with Gasteiger partial charge in [-0.05, 0) is 38.0 Å². The monoisotopic (exact) mass is 440 g/mol. The van der Waals surface area contributed by atoms with Crippen molar-refractivity contribution in [3.05, 3.63) is 29.8 Å². The lowest BCUT2D eigenvalue weighted by Crippen LogP contribution is -2.60. The second-order valence-electron chi connectivity index (χ2n) is 7.02. The van der Waals surface area contributed by atoms with Gasteiger partial charge in [0.05, 0.1) is 18.8 Å². The molecule has 0 aliphatic carbocycles. The zero-order valence-corrected chi connectivity index (χ0v) is 17.1. The quantitative estimate of drug-likeness (QED) is 0.178. The maximum absolute atomic E-state index is 12.5. The van der Waals surface area contributed by atoms with Crippen LogP contribution in [0.15, 0.2) is 24.3 Å². The van der Waals surface area contributed by atoms with Crippen molar-refractivity contribution >= 4 is 23.7 Å². The maximum atomic E-state index is 12.5. The van der Waals surface area contributed by atoms with Gasteiger partial charge in [-0.2, -0.15) is 0 Å². The molecule has 0 aliphatic rings. The third-order valence-electron chi connectivity index (χ3n) is 4.34. The summed E-state index contributed by atoms with van der Waals surface area (Å²) in [5, 5.41) is 43.9. The fraction of sp³-hybridized carbons (Fsp3) is 0.474. The Kier molecular flexibility index (Phi) is 9.86. The molecule has 0 fully saturated rings. The number of carbonyl (C=O) groups is 4. The molecule has 0 aliphatic heterocycles. The van der Waals surface area contributed by atoms with Gasteiger partial charge in [0.2, 0.25) is 17.7 Å². The number of aliphatic carboxylic acids is 1. The number of nitrogens with one attached hydrogen (secondary N) is 3. The summed E-state index contributed by atoms with van der Waals surface area (Å²) in [7, 11) is 0. The van der Waals surface area contributed by atoms with E-state index in [1.54, 1.807) is 12.1 Å². The number of aliphatic hydroxyl groups excluding tert-OH is 2. The van der Waals surface area contributed by atoms with Crippen LogP contribution < -0.4 is 21.7 Å². The van der Waals surface area contributed by atoms with Crippen molar-refractivity contribution in [2.45, 2.75) is 50.5 Å². The zero-order valence-electron chi connectivity index (χ0n) is 17.1. The molecular weight excluding hydrogens is 412 g/mol. The van der Waals surface area contributed by atoms with Crippen molar-refractivity contribution in [2.24, 2.45) is 5.73 Å². The highest BCUT2D eigenvalue weighted by atomic mass is 16.4. The van der Waals surface area contributed by atoms with E-state index in [4.69, 9.17) is 10.8 Å². The summed E-state index contributed by atoms with van der Waals surface area (Å²) in [6.45, 7) is 1.59. The summed E-state index contributed by atoms with van der Waals surface area (Å²) in [5.74, 6) is -3.94. The molecule has 12 heteroatoms. The molecule has 3 amide bonds. The van der Waals surface area contributed by atoms with Crippen molar-refractivity contribution in [1.82, 2.24) is 16.0 Å². The lowest BCUT2D eigenvalue weighted by molar-refractivity contribution is -0.142. The number of carboxylic acids is 1. The SMILES string of the molecule is CC(NC(=O)C(CO)NC(=O)C(NC(=O)C(N)Cc1ccc(O)cc1)C(C)O)C(=O)O. The van der Waals surface area contributed by atoms with E-state index in [-0.39, 0.29) is 12.2 Å². The largest absolute Gasteiger partial charge is 0.508 e. The normalized spacial score (nSPS) is 15.6. The van der Waals surface area contributed by atoms with E-state index < -0.39 is 60.6 Å². The molecule has 172 valence electrons. The van der Waals surface area contributed by atoms with E-state index in [0.717, 1.165) is 0 Å². The first-order chi connectivity index (χ1) is 14.5. The van der Waals surface area contributed by atoms with Gasteiger partial charge in [-0.3, -0.25) is 19.2 Å². The minimum absolute atomic E-state index is 0.0489. The highest BCUT2D eigenvalue weighted by Gasteiger charge is 2.31. The molecule has 12 nitrogen and oxygen atoms in total. The van der Waals surface area contributed by atoms with Gasteiger partial charge in [-0.1, -0.05) is 12.1 Å². The summed E-state index contributed by atoms with van der Waals surface area (Å²) in [4.78, 5) is 47.7. The van der Waals surface area contributed by atoms with Crippen molar-refractivity contribution in [1.29, 1.82) is 0 Å². The molecule has 1 rings (SSSR count). The number of benzene rings is 1. The van der Waals surface area contributed by atoms with E-state index in [0.29, 0.717) is 5.56 Å². The number of nitrogens with two attached hydrogens (primary N) is 1. The van der Waals surface area contributed by atoms with Crippen LogP contribution in [0.1, 0.15) is 19.4 Å². The molecule has 1 aromatic carbocycles. The molecule has 0 saturated heterocycles. The number of phenols is 1. The van der Waals surface area contributed by atoms with Crippen LogP contribution in [-0.4, -0.2) is 81.0 Å². The predicted molar refractivity (Wildman–Crippen MR) is 108 cm³/mol. The Hall–Kier alpha value is -3.22. The molecule has 1 aromatic rings. The lowest BCUT2D eigenvalue weighted by atomic mass is 10.0. The molecule has 0 aromatic heterocycles. The average Bonchev–Trinajstić information content (AvgIpc) is 2.70. The number of carboxylic acid groups (broad SMARTS) is 1. The number of hydrogen-bond donors (Lipinski definition) is 8. The summed E-state index contributed by atoms with van der Waals surface area (Å²) < 4.78 is 0. The standard InChI is InChI=1S/C19H28N4O8/c1-9(19(30)31)21-17(28)14(8-24)22-18(29)15(10(2)25)23-16(27)13(20)7-11-3-5-12(26)6-4-11/h3-6,9-10,13-15,24-26H,7-8,20H2,1-2H3,(H,21,28)(H,22,29)(H,23,27)(H,30,31). The van der Waals surface area contributed by atoms with E-state index >= 15 is 0 Å². The number of aromatic hydroxyl groups is 1. The lowest BCUT2D eigenvalue weighted by Gasteiger charge is -2.25.